The summed E-state index contributed by atoms with van der Waals surface area (Å²) in [7, 11) is 0. The summed E-state index contributed by atoms with van der Waals surface area (Å²) in [5, 5.41) is 16.1. The van der Waals surface area contributed by atoms with Crippen LogP contribution in [0, 0.1) is 12.8 Å². The third kappa shape index (κ3) is 6.04. The highest BCUT2D eigenvalue weighted by Crippen LogP contribution is 2.28. The van der Waals surface area contributed by atoms with Crippen molar-refractivity contribution in [3.8, 4) is 0 Å². The molecule has 1 heterocycles. The highest BCUT2D eigenvalue weighted by atomic mass is 16.4. The van der Waals surface area contributed by atoms with Crippen LogP contribution in [0.5, 0.6) is 0 Å². The highest BCUT2D eigenvalue weighted by Gasteiger charge is 2.15. The average molecular weight is 420 g/mol. The third-order valence-corrected chi connectivity index (χ3v) is 5.19. The van der Waals surface area contributed by atoms with Crippen LogP contribution in [0.15, 0.2) is 54.7 Å². The van der Waals surface area contributed by atoms with E-state index in [-0.39, 0.29) is 24.9 Å². The zero-order valence-electron chi connectivity index (χ0n) is 18.2. The van der Waals surface area contributed by atoms with Crippen LogP contribution >= 0.6 is 0 Å². The lowest BCUT2D eigenvalue weighted by Gasteiger charge is -2.23. The van der Waals surface area contributed by atoms with Crippen LogP contribution in [0.1, 0.15) is 54.2 Å². The fourth-order valence-corrected chi connectivity index (χ4v) is 3.58. The van der Waals surface area contributed by atoms with Gasteiger partial charge < -0.3 is 15.7 Å². The lowest BCUT2D eigenvalue weighted by Crippen LogP contribution is -2.26. The molecular weight excluding hydrogens is 390 g/mol. The maximum Gasteiger partial charge on any atom is 0.305 e. The van der Waals surface area contributed by atoms with Gasteiger partial charge in [0.1, 0.15) is 0 Å². The number of nitrogens with zero attached hydrogens (tertiary/aromatic N) is 1. The number of rotatable bonds is 9. The minimum absolute atomic E-state index is 0.0763. The number of aryl methyl sites for hydroxylation is 1. The van der Waals surface area contributed by atoms with Gasteiger partial charge in [-0.05, 0) is 54.7 Å². The first-order valence-electron chi connectivity index (χ1n) is 10.6. The highest BCUT2D eigenvalue weighted by molar-refractivity contribution is 5.94. The van der Waals surface area contributed by atoms with Gasteiger partial charge >= 0.3 is 5.97 Å². The largest absolute Gasteiger partial charge is 0.481 e. The number of carbonyl (C=O) groups excluding carboxylic acids is 1. The van der Waals surface area contributed by atoms with Gasteiger partial charge in [0.05, 0.1) is 29.9 Å². The molecule has 0 radical (unpaired) electrons. The second-order valence-electron chi connectivity index (χ2n) is 8.21. The number of carbonyl (C=O) groups is 2. The number of carboxylic acids is 1. The van der Waals surface area contributed by atoms with Crippen molar-refractivity contribution in [2.45, 2.75) is 39.7 Å². The molecule has 6 heteroatoms. The SMILES string of the molecule is Cc1cccc2ncc(N[C@@H](CC(C)C)c3ccc(C(=O)NCCC(=O)O)cc3)cc12. The van der Waals surface area contributed by atoms with Crippen LogP contribution in [0.4, 0.5) is 5.69 Å². The Morgan fingerprint density at radius 3 is 2.52 bits per heavy atom. The molecule has 0 spiro atoms. The Balaban J connectivity index is 1.77. The Kier molecular flexibility index (Phi) is 7.23. The minimum Gasteiger partial charge on any atom is -0.481 e. The van der Waals surface area contributed by atoms with Gasteiger partial charge in [-0.3, -0.25) is 14.6 Å². The maximum atomic E-state index is 12.2. The summed E-state index contributed by atoms with van der Waals surface area (Å²) in [6.07, 6.45) is 2.69. The standard InChI is InChI=1S/C25H29N3O3/c1-16(2)13-23(28-20-14-21-17(3)5-4-6-22(21)27-15-20)18-7-9-19(10-8-18)25(31)26-12-11-24(29)30/h4-10,14-16,23,28H,11-13H2,1-3H3,(H,26,31)(H,29,30)/t23-/m0/s1. The van der Waals surface area contributed by atoms with Crippen molar-refractivity contribution in [1.29, 1.82) is 0 Å². The summed E-state index contributed by atoms with van der Waals surface area (Å²) in [6.45, 7) is 6.56. The van der Waals surface area contributed by atoms with Crippen molar-refractivity contribution in [3.63, 3.8) is 0 Å². The van der Waals surface area contributed by atoms with Crippen LogP contribution in [0.25, 0.3) is 10.9 Å². The predicted molar refractivity (Wildman–Crippen MR) is 123 cm³/mol. The molecule has 162 valence electrons. The van der Waals surface area contributed by atoms with Gasteiger partial charge in [-0.15, -0.1) is 0 Å². The first-order valence-corrected chi connectivity index (χ1v) is 10.6. The van der Waals surface area contributed by atoms with Crippen LogP contribution in [0.2, 0.25) is 0 Å². The molecule has 0 saturated heterocycles. The maximum absolute atomic E-state index is 12.2. The monoisotopic (exact) mass is 419 g/mol. The number of fused-ring (bicyclic) bond motifs is 1. The summed E-state index contributed by atoms with van der Waals surface area (Å²) in [5.41, 5.74) is 4.72. The average Bonchev–Trinajstić information content (AvgIpc) is 2.73. The van der Waals surface area contributed by atoms with Gasteiger partial charge in [-0.2, -0.15) is 0 Å². The van der Waals surface area contributed by atoms with Crippen molar-refractivity contribution in [3.05, 3.63) is 71.4 Å². The van der Waals surface area contributed by atoms with E-state index >= 15 is 0 Å². The number of hydrogen-bond donors (Lipinski definition) is 3. The fraction of sp³-hybridized carbons (Fsp3) is 0.320. The topological polar surface area (TPSA) is 91.3 Å². The van der Waals surface area contributed by atoms with Gasteiger partial charge in [0.2, 0.25) is 0 Å². The predicted octanol–water partition coefficient (Wildman–Crippen LogP) is 4.95. The van der Waals surface area contributed by atoms with E-state index < -0.39 is 5.97 Å². The third-order valence-electron chi connectivity index (χ3n) is 5.19. The summed E-state index contributed by atoms with van der Waals surface area (Å²) >= 11 is 0. The van der Waals surface area contributed by atoms with E-state index in [1.807, 2.05) is 30.5 Å². The van der Waals surface area contributed by atoms with E-state index in [0.29, 0.717) is 11.5 Å². The number of nitrogens with one attached hydrogen (secondary N) is 2. The van der Waals surface area contributed by atoms with Gasteiger partial charge in [0.15, 0.2) is 0 Å². The molecule has 0 aliphatic rings. The van der Waals surface area contributed by atoms with Crippen molar-refractivity contribution < 1.29 is 14.7 Å². The molecule has 0 saturated carbocycles. The van der Waals surface area contributed by atoms with Crippen molar-refractivity contribution in [1.82, 2.24) is 10.3 Å². The second kappa shape index (κ2) is 10.1. The van der Waals surface area contributed by atoms with Crippen LogP contribution in [0.3, 0.4) is 0 Å². The zero-order valence-corrected chi connectivity index (χ0v) is 18.2. The van der Waals surface area contributed by atoms with Crippen molar-refractivity contribution >= 4 is 28.5 Å². The molecular formula is C25H29N3O3. The van der Waals surface area contributed by atoms with Crippen molar-refractivity contribution in [2.75, 3.05) is 11.9 Å². The summed E-state index contributed by atoms with van der Waals surface area (Å²) < 4.78 is 0. The molecule has 0 bridgehead atoms. The molecule has 0 aliphatic carbocycles. The molecule has 0 fully saturated rings. The molecule has 0 aliphatic heterocycles. The van der Waals surface area contributed by atoms with Gasteiger partial charge in [-0.1, -0.05) is 38.1 Å². The molecule has 31 heavy (non-hydrogen) atoms. The summed E-state index contributed by atoms with van der Waals surface area (Å²) in [4.78, 5) is 27.4. The molecule has 3 rings (SSSR count). The summed E-state index contributed by atoms with van der Waals surface area (Å²) in [6, 6.07) is 15.8. The number of amides is 1. The lowest BCUT2D eigenvalue weighted by molar-refractivity contribution is -0.136. The second-order valence-corrected chi connectivity index (χ2v) is 8.21. The van der Waals surface area contributed by atoms with Crippen LogP contribution in [-0.4, -0.2) is 28.5 Å². The van der Waals surface area contributed by atoms with Crippen LogP contribution in [-0.2, 0) is 4.79 Å². The number of aliphatic carboxylic acids is 1. The van der Waals surface area contributed by atoms with Gasteiger partial charge in [0.25, 0.3) is 5.91 Å². The normalized spacial score (nSPS) is 12.0. The Labute approximate surface area is 182 Å². The van der Waals surface area contributed by atoms with Crippen molar-refractivity contribution in [2.24, 2.45) is 5.92 Å². The van der Waals surface area contributed by atoms with E-state index in [1.165, 1.54) is 5.56 Å². The lowest BCUT2D eigenvalue weighted by atomic mass is 9.95. The Morgan fingerprint density at radius 2 is 1.84 bits per heavy atom. The Bertz CT molecular complexity index is 1060. The first-order chi connectivity index (χ1) is 14.8. The molecule has 0 unspecified atom stereocenters. The van der Waals surface area contributed by atoms with E-state index in [1.54, 1.807) is 12.1 Å². The van der Waals surface area contributed by atoms with Gasteiger partial charge in [-0.25, -0.2) is 0 Å². The minimum atomic E-state index is -0.934. The first kappa shape index (κ1) is 22.3. The Morgan fingerprint density at radius 1 is 1.10 bits per heavy atom. The number of pyridine rings is 1. The molecule has 3 N–H and O–H groups in total. The fourth-order valence-electron chi connectivity index (χ4n) is 3.58. The molecule has 1 amide bonds. The number of hydrogen-bond acceptors (Lipinski definition) is 4. The van der Waals surface area contributed by atoms with E-state index in [4.69, 9.17) is 5.11 Å². The van der Waals surface area contributed by atoms with Crippen LogP contribution < -0.4 is 10.6 Å². The summed E-state index contributed by atoms with van der Waals surface area (Å²) in [5.74, 6) is -0.723. The Hall–Kier alpha value is -3.41. The number of benzene rings is 2. The molecule has 6 nitrogen and oxygen atoms in total. The number of carboxylic acid groups (broad SMARTS) is 1. The number of aromatic nitrogens is 1. The van der Waals surface area contributed by atoms with E-state index in [9.17, 15) is 9.59 Å². The van der Waals surface area contributed by atoms with Gasteiger partial charge in [0, 0.05) is 17.5 Å². The smallest absolute Gasteiger partial charge is 0.305 e. The molecule has 3 aromatic rings. The van der Waals surface area contributed by atoms with E-state index in [2.05, 4.69) is 48.5 Å². The molecule has 2 aromatic carbocycles. The number of anilines is 1. The molecule has 1 atom stereocenters. The quantitative estimate of drug-likeness (QED) is 0.457. The van der Waals surface area contributed by atoms with E-state index in [0.717, 1.165) is 28.6 Å². The molecule has 1 aromatic heterocycles. The zero-order chi connectivity index (χ0) is 22.4.